The summed E-state index contributed by atoms with van der Waals surface area (Å²) < 4.78 is 32.9. The number of Topliss-reactive ketones (excluding diaryl/α,β-unsaturated/α-hetero) is 2. The fraction of sp³-hybridized carbons (Fsp3) is 0.486. The fourth-order valence-corrected chi connectivity index (χ4v) is 7.54. The molecule has 230 valence electrons. The molecule has 2 aromatic rings. The molecular weight excluding hydrogens is 660 g/mol. The van der Waals surface area contributed by atoms with Crippen molar-refractivity contribution in [2.24, 2.45) is 10.8 Å². The van der Waals surface area contributed by atoms with E-state index in [-0.39, 0.29) is 34.8 Å². The minimum Gasteiger partial charge on any atom is -0.490 e. The quantitative estimate of drug-likeness (QED) is 0.250. The first-order valence-electron chi connectivity index (χ1n) is 15.0. The Bertz CT molecular complexity index is 1450. The molecule has 3 aliphatic rings. The summed E-state index contributed by atoms with van der Waals surface area (Å²) in [4.78, 5) is 30.4. The SMILES string of the molecule is CCOc1cc(C2C3=C(CC(C)(C)CC3=O)N(CCOC)C3=C2C(=O)CC(C)(C)C3)cc(I)c1OCc1ccccc1F. The van der Waals surface area contributed by atoms with Crippen LogP contribution in [0.4, 0.5) is 4.39 Å². The van der Waals surface area contributed by atoms with Crippen molar-refractivity contribution < 1.29 is 28.2 Å². The molecule has 0 unspecified atom stereocenters. The Balaban J connectivity index is 1.67. The van der Waals surface area contributed by atoms with E-state index in [0.29, 0.717) is 60.8 Å². The third-order valence-electron chi connectivity index (χ3n) is 8.54. The fourth-order valence-electron chi connectivity index (χ4n) is 6.76. The maximum absolute atomic E-state index is 14.4. The zero-order chi connectivity index (χ0) is 31.1. The van der Waals surface area contributed by atoms with Gasteiger partial charge in [0.05, 0.1) is 16.8 Å². The highest BCUT2D eigenvalue weighted by molar-refractivity contribution is 14.1. The summed E-state index contributed by atoms with van der Waals surface area (Å²) in [5.41, 5.74) is 4.30. The topological polar surface area (TPSA) is 65.1 Å². The van der Waals surface area contributed by atoms with E-state index in [1.54, 1.807) is 25.3 Å². The number of hydrogen-bond donors (Lipinski definition) is 0. The molecule has 1 aliphatic heterocycles. The average molecular weight is 702 g/mol. The van der Waals surface area contributed by atoms with Crippen molar-refractivity contribution >= 4 is 34.2 Å². The lowest BCUT2D eigenvalue weighted by Gasteiger charge is -2.49. The maximum atomic E-state index is 14.4. The number of nitrogens with zero attached hydrogens (tertiary/aromatic N) is 1. The smallest absolute Gasteiger partial charge is 0.174 e. The van der Waals surface area contributed by atoms with E-state index in [9.17, 15) is 14.0 Å². The third kappa shape index (κ3) is 6.41. The molecule has 5 rings (SSSR count). The number of methoxy groups -OCH3 is 1. The molecule has 0 saturated carbocycles. The number of benzene rings is 2. The lowest BCUT2D eigenvalue weighted by molar-refractivity contribution is -0.119. The lowest BCUT2D eigenvalue weighted by Crippen LogP contribution is -2.45. The second kappa shape index (κ2) is 12.3. The second-order valence-electron chi connectivity index (χ2n) is 13.3. The van der Waals surface area contributed by atoms with Gasteiger partial charge < -0.3 is 19.1 Å². The molecule has 0 fully saturated rings. The van der Waals surface area contributed by atoms with Crippen molar-refractivity contribution in [2.75, 3.05) is 26.9 Å². The van der Waals surface area contributed by atoms with E-state index in [2.05, 4.69) is 55.2 Å². The molecule has 2 aromatic carbocycles. The Morgan fingerprint density at radius 1 is 0.930 bits per heavy atom. The Kier molecular flexibility index (Phi) is 9.10. The van der Waals surface area contributed by atoms with Gasteiger partial charge in [0.25, 0.3) is 0 Å². The molecule has 0 amide bonds. The molecule has 2 aliphatic carbocycles. The molecule has 0 atom stereocenters. The Morgan fingerprint density at radius 2 is 1.53 bits per heavy atom. The Morgan fingerprint density at radius 3 is 2.09 bits per heavy atom. The molecule has 0 N–H and O–H groups in total. The highest BCUT2D eigenvalue weighted by atomic mass is 127. The van der Waals surface area contributed by atoms with Gasteiger partial charge in [0.15, 0.2) is 23.1 Å². The van der Waals surface area contributed by atoms with Crippen LogP contribution in [0.25, 0.3) is 0 Å². The number of carbonyl (C=O) groups is 2. The van der Waals surface area contributed by atoms with Crippen LogP contribution in [0.15, 0.2) is 58.9 Å². The van der Waals surface area contributed by atoms with Crippen molar-refractivity contribution in [3.05, 3.63) is 79.5 Å². The average Bonchev–Trinajstić information content (AvgIpc) is 2.90. The first kappa shape index (κ1) is 31.7. The summed E-state index contributed by atoms with van der Waals surface area (Å²) >= 11 is 2.21. The summed E-state index contributed by atoms with van der Waals surface area (Å²) in [6.45, 7) is 12.0. The summed E-state index contributed by atoms with van der Waals surface area (Å²) in [6, 6.07) is 10.4. The van der Waals surface area contributed by atoms with Gasteiger partial charge in [-0.2, -0.15) is 0 Å². The first-order valence-corrected chi connectivity index (χ1v) is 16.0. The highest BCUT2D eigenvalue weighted by Crippen LogP contribution is 2.55. The van der Waals surface area contributed by atoms with Crippen LogP contribution in [-0.4, -0.2) is 43.3 Å². The number of ketones is 2. The molecule has 6 nitrogen and oxygen atoms in total. The van der Waals surface area contributed by atoms with Gasteiger partial charge in [-0.25, -0.2) is 4.39 Å². The van der Waals surface area contributed by atoms with Gasteiger partial charge in [-0.15, -0.1) is 0 Å². The van der Waals surface area contributed by atoms with Crippen LogP contribution in [0, 0.1) is 20.2 Å². The van der Waals surface area contributed by atoms with Gasteiger partial charge in [0.1, 0.15) is 12.4 Å². The maximum Gasteiger partial charge on any atom is 0.174 e. The number of allylic oxidation sites excluding steroid dienone is 4. The van der Waals surface area contributed by atoms with Crippen LogP contribution in [0.5, 0.6) is 11.5 Å². The molecule has 0 saturated heterocycles. The lowest BCUT2D eigenvalue weighted by atomic mass is 9.63. The minimum absolute atomic E-state index is 0.0473. The van der Waals surface area contributed by atoms with Crippen LogP contribution in [0.2, 0.25) is 0 Å². The normalized spacial score (nSPS) is 19.9. The number of carbonyl (C=O) groups excluding carboxylic acids is 2. The standard InChI is InChI=1S/C35H41FINO5/c1-7-42-29-15-22(14-24(37)33(29)43-20-21-10-8-9-11-23(21)36)30-31-25(16-34(2,3)18-27(31)39)38(12-13-41-6)26-17-35(4,5)19-28(40)32(26)30/h8-11,14-15,30H,7,12-13,16-20H2,1-6H3. The van der Waals surface area contributed by atoms with Crippen LogP contribution in [0.1, 0.15) is 77.3 Å². The summed E-state index contributed by atoms with van der Waals surface area (Å²) in [5.74, 6) is 0.362. The Hall–Kier alpha value is -2.72. The van der Waals surface area contributed by atoms with Crippen LogP contribution < -0.4 is 9.47 Å². The summed E-state index contributed by atoms with van der Waals surface area (Å²) in [7, 11) is 1.68. The van der Waals surface area contributed by atoms with Crippen molar-refractivity contribution in [1.82, 2.24) is 4.90 Å². The Labute approximate surface area is 267 Å². The minimum atomic E-state index is -0.496. The van der Waals surface area contributed by atoms with Crippen molar-refractivity contribution in [2.45, 2.75) is 72.8 Å². The van der Waals surface area contributed by atoms with Crippen LogP contribution >= 0.6 is 22.6 Å². The number of hydrogen-bond acceptors (Lipinski definition) is 6. The van der Waals surface area contributed by atoms with Gasteiger partial charge >= 0.3 is 0 Å². The van der Waals surface area contributed by atoms with E-state index < -0.39 is 5.92 Å². The van der Waals surface area contributed by atoms with Gasteiger partial charge in [-0.1, -0.05) is 45.9 Å². The van der Waals surface area contributed by atoms with E-state index in [1.807, 2.05) is 19.1 Å². The molecule has 0 bridgehead atoms. The molecule has 1 heterocycles. The summed E-state index contributed by atoms with van der Waals surface area (Å²) in [6.07, 6.45) is 2.31. The second-order valence-corrected chi connectivity index (χ2v) is 14.5. The van der Waals surface area contributed by atoms with Gasteiger partial charge in [-0.3, -0.25) is 9.59 Å². The monoisotopic (exact) mass is 701 g/mol. The van der Waals surface area contributed by atoms with Crippen molar-refractivity contribution in [3.63, 3.8) is 0 Å². The van der Waals surface area contributed by atoms with Crippen molar-refractivity contribution in [1.29, 1.82) is 0 Å². The van der Waals surface area contributed by atoms with Crippen LogP contribution in [0.3, 0.4) is 0 Å². The summed E-state index contributed by atoms with van der Waals surface area (Å²) in [5, 5.41) is 0. The molecule has 8 heteroatoms. The molecule has 0 aromatic heterocycles. The third-order valence-corrected chi connectivity index (χ3v) is 9.34. The number of ether oxygens (including phenoxy) is 3. The molecular formula is C35H41FINO5. The molecule has 0 spiro atoms. The first-order chi connectivity index (χ1) is 20.4. The van der Waals surface area contributed by atoms with Crippen molar-refractivity contribution in [3.8, 4) is 11.5 Å². The largest absolute Gasteiger partial charge is 0.490 e. The van der Waals surface area contributed by atoms with Gasteiger partial charge in [-0.05, 0) is 76.9 Å². The zero-order valence-electron chi connectivity index (χ0n) is 25.9. The van der Waals surface area contributed by atoms with Gasteiger partial charge in [0, 0.05) is 60.5 Å². The predicted molar refractivity (Wildman–Crippen MR) is 172 cm³/mol. The molecule has 43 heavy (non-hydrogen) atoms. The van der Waals surface area contributed by atoms with E-state index in [1.165, 1.54) is 6.07 Å². The van der Waals surface area contributed by atoms with E-state index >= 15 is 0 Å². The molecule has 0 radical (unpaired) electrons. The highest BCUT2D eigenvalue weighted by Gasteiger charge is 2.49. The van der Waals surface area contributed by atoms with E-state index in [0.717, 1.165) is 33.4 Å². The number of halogens is 2. The zero-order valence-corrected chi connectivity index (χ0v) is 28.1. The number of rotatable bonds is 9. The van der Waals surface area contributed by atoms with Gasteiger partial charge in [0.2, 0.25) is 0 Å². The van der Waals surface area contributed by atoms with E-state index in [4.69, 9.17) is 14.2 Å². The predicted octanol–water partition coefficient (Wildman–Crippen LogP) is 7.74. The van der Waals surface area contributed by atoms with Crippen LogP contribution in [-0.2, 0) is 20.9 Å².